The summed E-state index contributed by atoms with van der Waals surface area (Å²) < 4.78 is 5.16. The Morgan fingerprint density at radius 1 is 1.03 bits per heavy atom. The summed E-state index contributed by atoms with van der Waals surface area (Å²) in [5.74, 6) is -1.29. The fourth-order valence-corrected chi connectivity index (χ4v) is 4.67. The fraction of sp³-hybridized carbons (Fsp3) is 0.200. The average Bonchev–Trinajstić information content (AvgIpc) is 3.38. The lowest BCUT2D eigenvalue weighted by molar-refractivity contribution is -0.139. The molecule has 1 aliphatic heterocycles. The van der Waals surface area contributed by atoms with Crippen LogP contribution in [0.25, 0.3) is 10.4 Å². The lowest BCUT2D eigenvalue weighted by Crippen LogP contribution is -2.28. The van der Waals surface area contributed by atoms with Crippen molar-refractivity contribution in [3.05, 3.63) is 75.6 Å². The predicted molar refractivity (Wildman–Crippen MR) is 130 cm³/mol. The number of thiophene rings is 1. The first-order valence-electron chi connectivity index (χ1n) is 10.7. The van der Waals surface area contributed by atoms with E-state index >= 15 is 0 Å². The van der Waals surface area contributed by atoms with Crippen LogP contribution in [0.5, 0.6) is 0 Å². The van der Waals surface area contributed by atoms with Crippen LogP contribution in [0, 0.1) is 0 Å². The van der Waals surface area contributed by atoms with E-state index in [0.29, 0.717) is 21.2 Å². The summed E-state index contributed by atoms with van der Waals surface area (Å²) in [4.78, 5) is 51.3. The van der Waals surface area contributed by atoms with Crippen LogP contribution in [0.1, 0.15) is 45.4 Å². The van der Waals surface area contributed by atoms with Gasteiger partial charge in [0.15, 0.2) is 0 Å². The van der Waals surface area contributed by atoms with Crippen molar-refractivity contribution in [2.24, 2.45) is 0 Å². The zero-order valence-electron chi connectivity index (χ0n) is 18.3. The van der Waals surface area contributed by atoms with Gasteiger partial charge in [-0.15, -0.1) is 11.3 Å². The van der Waals surface area contributed by atoms with Gasteiger partial charge in [0.2, 0.25) is 11.8 Å². The number of anilines is 1. The molecular weight excluding hydrogens is 476 g/mol. The molecule has 0 spiro atoms. The number of benzene rings is 2. The zero-order valence-corrected chi connectivity index (χ0v) is 19.9. The number of esters is 1. The molecule has 0 atom stereocenters. The zero-order chi connectivity index (χ0) is 24.2. The molecular formula is C25H21ClN2O5S. The SMILES string of the molecule is CCOC(=O)c1sc(-c2ccc(Cl)cc2)cc1NC(=O)c1ccc(CN2C(=O)CCC2=O)cc1. The highest BCUT2D eigenvalue weighted by atomic mass is 35.5. The van der Waals surface area contributed by atoms with Gasteiger partial charge >= 0.3 is 5.97 Å². The second-order valence-electron chi connectivity index (χ2n) is 7.61. The minimum absolute atomic E-state index is 0.182. The van der Waals surface area contributed by atoms with E-state index in [-0.39, 0.29) is 37.8 Å². The number of hydrogen-bond donors (Lipinski definition) is 1. The number of rotatable bonds is 7. The van der Waals surface area contributed by atoms with Gasteiger partial charge in [0, 0.05) is 28.3 Å². The Labute approximate surface area is 205 Å². The van der Waals surface area contributed by atoms with Gasteiger partial charge in [-0.3, -0.25) is 19.3 Å². The third-order valence-electron chi connectivity index (χ3n) is 5.28. The van der Waals surface area contributed by atoms with Crippen LogP contribution in [0.2, 0.25) is 5.02 Å². The number of hydrogen-bond acceptors (Lipinski definition) is 6. The number of imide groups is 1. The quantitative estimate of drug-likeness (QED) is 0.361. The van der Waals surface area contributed by atoms with Gasteiger partial charge in [-0.2, -0.15) is 0 Å². The lowest BCUT2D eigenvalue weighted by atomic mass is 10.1. The molecule has 9 heteroatoms. The fourth-order valence-electron chi connectivity index (χ4n) is 3.53. The Morgan fingerprint density at radius 3 is 2.29 bits per heavy atom. The smallest absolute Gasteiger partial charge is 0.350 e. The summed E-state index contributed by atoms with van der Waals surface area (Å²) in [6, 6.07) is 15.6. The van der Waals surface area contributed by atoms with E-state index in [2.05, 4.69) is 5.32 Å². The first-order valence-corrected chi connectivity index (χ1v) is 11.9. The van der Waals surface area contributed by atoms with Crippen molar-refractivity contribution in [1.82, 2.24) is 4.90 Å². The second-order valence-corrected chi connectivity index (χ2v) is 9.09. The largest absolute Gasteiger partial charge is 0.462 e. The second kappa shape index (κ2) is 10.2. The topological polar surface area (TPSA) is 92.8 Å². The van der Waals surface area contributed by atoms with Gasteiger partial charge in [0.05, 0.1) is 18.8 Å². The number of likely N-dealkylation sites (tertiary alicyclic amines) is 1. The molecule has 4 rings (SSSR count). The molecule has 1 N–H and O–H groups in total. The average molecular weight is 497 g/mol. The summed E-state index contributed by atoms with van der Waals surface area (Å²) in [6.07, 6.45) is 0.474. The predicted octanol–water partition coefficient (Wildman–Crippen LogP) is 5.15. The van der Waals surface area contributed by atoms with Gasteiger partial charge < -0.3 is 10.1 Å². The number of amides is 3. The molecule has 0 bridgehead atoms. The molecule has 174 valence electrons. The molecule has 1 fully saturated rings. The molecule has 3 amide bonds. The summed E-state index contributed by atoms with van der Waals surface area (Å²) in [5, 5.41) is 3.40. The van der Waals surface area contributed by atoms with Crippen LogP contribution in [0.15, 0.2) is 54.6 Å². The van der Waals surface area contributed by atoms with Crippen LogP contribution >= 0.6 is 22.9 Å². The van der Waals surface area contributed by atoms with Crippen molar-refractivity contribution in [2.75, 3.05) is 11.9 Å². The van der Waals surface area contributed by atoms with Crippen molar-refractivity contribution in [3.8, 4) is 10.4 Å². The number of nitrogens with one attached hydrogen (secondary N) is 1. The van der Waals surface area contributed by atoms with Crippen LogP contribution in [0.4, 0.5) is 5.69 Å². The van der Waals surface area contributed by atoms with Crippen molar-refractivity contribution in [1.29, 1.82) is 0 Å². The maximum absolute atomic E-state index is 12.9. The van der Waals surface area contributed by atoms with Gasteiger partial charge in [0.1, 0.15) is 4.88 Å². The van der Waals surface area contributed by atoms with Crippen LogP contribution in [-0.4, -0.2) is 35.2 Å². The Morgan fingerprint density at radius 2 is 1.68 bits per heavy atom. The number of ether oxygens (including phenoxy) is 1. The van der Waals surface area contributed by atoms with E-state index < -0.39 is 11.9 Å². The molecule has 3 aromatic rings. The van der Waals surface area contributed by atoms with Gasteiger partial charge in [-0.05, 0) is 48.4 Å². The number of nitrogens with zero attached hydrogens (tertiary/aromatic N) is 1. The Balaban J connectivity index is 1.53. The highest BCUT2D eigenvalue weighted by molar-refractivity contribution is 7.18. The molecule has 7 nitrogen and oxygen atoms in total. The molecule has 2 heterocycles. The van der Waals surface area contributed by atoms with Crippen molar-refractivity contribution in [2.45, 2.75) is 26.3 Å². The lowest BCUT2D eigenvalue weighted by Gasteiger charge is -2.14. The molecule has 0 aliphatic carbocycles. The number of carbonyl (C=O) groups excluding carboxylic acids is 4. The molecule has 1 saturated heterocycles. The Bertz CT molecular complexity index is 1240. The van der Waals surface area contributed by atoms with Crippen molar-refractivity contribution < 1.29 is 23.9 Å². The molecule has 34 heavy (non-hydrogen) atoms. The molecule has 1 aliphatic rings. The molecule has 0 radical (unpaired) electrons. The van der Waals surface area contributed by atoms with Gasteiger partial charge in [-0.25, -0.2) is 4.79 Å². The normalized spacial score (nSPS) is 13.3. The van der Waals surface area contributed by atoms with E-state index in [1.165, 1.54) is 16.2 Å². The monoisotopic (exact) mass is 496 g/mol. The summed E-state index contributed by atoms with van der Waals surface area (Å²) in [7, 11) is 0. The molecule has 0 unspecified atom stereocenters. The van der Waals surface area contributed by atoms with Gasteiger partial charge in [0.25, 0.3) is 5.91 Å². The minimum Gasteiger partial charge on any atom is -0.462 e. The van der Waals surface area contributed by atoms with Crippen molar-refractivity contribution >= 4 is 52.3 Å². The first kappa shape index (κ1) is 23.7. The molecule has 0 saturated carbocycles. The summed E-state index contributed by atoms with van der Waals surface area (Å²) in [5.41, 5.74) is 2.33. The third-order valence-corrected chi connectivity index (χ3v) is 6.70. The van der Waals surface area contributed by atoms with Gasteiger partial charge in [-0.1, -0.05) is 35.9 Å². The van der Waals surface area contributed by atoms with Crippen LogP contribution in [-0.2, 0) is 20.9 Å². The van der Waals surface area contributed by atoms with E-state index in [9.17, 15) is 19.2 Å². The highest BCUT2D eigenvalue weighted by Crippen LogP contribution is 2.36. The van der Waals surface area contributed by atoms with Crippen LogP contribution in [0.3, 0.4) is 0 Å². The summed E-state index contributed by atoms with van der Waals surface area (Å²) in [6.45, 7) is 2.11. The van der Waals surface area contributed by atoms with Crippen LogP contribution < -0.4 is 5.32 Å². The minimum atomic E-state index is -0.515. The van der Waals surface area contributed by atoms with E-state index in [1.54, 1.807) is 49.4 Å². The number of carbonyl (C=O) groups is 4. The molecule has 2 aromatic carbocycles. The van der Waals surface area contributed by atoms with E-state index in [1.807, 2.05) is 12.1 Å². The van der Waals surface area contributed by atoms with E-state index in [4.69, 9.17) is 16.3 Å². The van der Waals surface area contributed by atoms with Crippen molar-refractivity contribution in [3.63, 3.8) is 0 Å². The maximum atomic E-state index is 12.9. The molecule has 1 aromatic heterocycles. The summed E-state index contributed by atoms with van der Waals surface area (Å²) >= 11 is 7.20. The highest BCUT2D eigenvalue weighted by Gasteiger charge is 2.28. The third kappa shape index (κ3) is 5.18. The number of halogens is 1. The Kier molecular flexibility index (Phi) is 7.09. The Hall–Kier alpha value is -3.49. The van der Waals surface area contributed by atoms with E-state index in [0.717, 1.165) is 16.0 Å². The first-order chi connectivity index (χ1) is 16.4. The standard InChI is InChI=1S/C25H21ClN2O5S/c1-2-33-25(32)23-19(13-20(34-23)16-7-9-18(26)10-8-16)27-24(31)17-5-3-15(4-6-17)14-28-21(29)11-12-22(28)30/h3-10,13H,2,11-12,14H2,1H3,(H,27,31). The maximum Gasteiger partial charge on any atom is 0.350 e.